The van der Waals surface area contributed by atoms with Crippen LogP contribution in [0.4, 0.5) is 4.79 Å². The summed E-state index contributed by atoms with van der Waals surface area (Å²) in [5, 5.41) is 6.30. The summed E-state index contributed by atoms with van der Waals surface area (Å²) in [6.07, 6.45) is 7.07. The Morgan fingerprint density at radius 2 is 2.05 bits per heavy atom. The van der Waals surface area contributed by atoms with E-state index in [9.17, 15) is 4.79 Å². The van der Waals surface area contributed by atoms with Crippen LogP contribution in [0.1, 0.15) is 40.5 Å². The van der Waals surface area contributed by atoms with E-state index in [0.29, 0.717) is 12.6 Å². The van der Waals surface area contributed by atoms with Crippen LogP contribution in [0.5, 0.6) is 0 Å². The maximum atomic E-state index is 11.5. The molecule has 4 atom stereocenters. The first-order chi connectivity index (χ1) is 9.35. The molecule has 0 spiro atoms. The SMILES string of the molecule is CC(NCCNC(=O)OC(C)(C)C)C1CC2C=CC1C2. The van der Waals surface area contributed by atoms with Gasteiger partial charge in [-0.15, -0.1) is 0 Å². The van der Waals surface area contributed by atoms with Crippen LogP contribution in [-0.4, -0.2) is 30.8 Å². The van der Waals surface area contributed by atoms with Gasteiger partial charge in [0.25, 0.3) is 0 Å². The third kappa shape index (κ3) is 4.23. The van der Waals surface area contributed by atoms with Gasteiger partial charge >= 0.3 is 6.09 Å². The third-order valence-electron chi connectivity index (χ3n) is 4.23. The van der Waals surface area contributed by atoms with Gasteiger partial charge in [-0.3, -0.25) is 0 Å². The minimum absolute atomic E-state index is 0.338. The van der Waals surface area contributed by atoms with Gasteiger partial charge in [-0.1, -0.05) is 12.2 Å². The maximum absolute atomic E-state index is 11.5. The van der Waals surface area contributed by atoms with Crippen LogP contribution in [0.15, 0.2) is 12.2 Å². The molecule has 1 saturated carbocycles. The summed E-state index contributed by atoms with van der Waals surface area (Å²) in [7, 11) is 0. The van der Waals surface area contributed by atoms with Crippen molar-refractivity contribution in [2.45, 2.75) is 52.2 Å². The van der Waals surface area contributed by atoms with E-state index in [1.54, 1.807) is 0 Å². The van der Waals surface area contributed by atoms with Gasteiger partial charge in [0.05, 0.1) is 0 Å². The molecule has 0 aromatic carbocycles. The van der Waals surface area contributed by atoms with Gasteiger partial charge in [0.1, 0.15) is 5.60 Å². The normalized spacial score (nSPS) is 29.5. The van der Waals surface area contributed by atoms with Crippen molar-refractivity contribution in [2.24, 2.45) is 17.8 Å². The summed E-state index contributed by atoms with van der Waals surface area (Å²) in [5.41, 5.74) is -0.430. The van der Waals surface area contributed by atoms with E-state index in [1.807, 2.05) is 20.8 Å². The highest BCUT2D eigenvalue weighted by atomic mass is 16.6. The molecule has 4 unspecified atom stereocenters. The van der Waals surface area contributed by atoms with Crippen molar-refractivity contribution in [3.63, 3.8) is 0 Å². The standard InChI is InChI=1S/C16H28N2O2/c1-11(14-10-12-5-6-13(14)9-12)17-7-8-18-15(19)20-16(2,3)4/h5-6,11-14,17H,7-10H2,1-4H3,(H,18,19). The average molecular weight is 280 g/mol. The van der Waals surface area contributed by atoms with Crippen LogP contribution in [0.25, 0.3) is 0 Å². The van der Waals surface area contributed by atoms with E-state index in [-0.39, 0.29) is 6.09 Å². The van der Waals surface area contributed by atoms with Crippen molar-refractivity contribution in [3.05, 3.63) is 12.2 Å². The minimum atomic E-state index is -0.430. The molecule has 0 saturated heterocycles. The summed E-state index contributed by atoms with van der Waals surface area (Å²) in [5.74, 6) is 2.34. The number of ether oxygens (including phenoxy) is 1. The van der Waals surface area contributed by atoms with E-state index in [4.69, 9.17) is 4.74 Å². The monoisotopic (exact) mass is 280 g/mol. The van der Waals surface area contributed by atoms with Crippen LogP contribution < -0.4 is 10.6 Å². The van der Waals surface area contributed by atoms with Crippen molar-refractivity contribution in [2.75, 3.05) is 13.1 Å². The Morgan fingerprint density at radius 1 is 1.30 bits per heavy atom. The van der Waals surface area contributed by atoms with E-state index < -0.39 is 5.60 Å². The van der Waals surface area contributed by atoms with Crippen LogP contribution in [0.3, 0.4) is 0 Å². The maximum Gasteiger partial charge on any atom is 0.407 e. The second-order valence-electron chi connectivity index (χ2n) is 7.12. The Balaban J connectivity index is 1.59. The first-order valence-electron chi connectivity index (χ1n) is 7.74. The fourth-order valence-corrected chi connectivity index (χ4v) is 3.33. The fourth-order valence-electron chi connectivity index (χ4n) is 3.33. The van der Waals surface area contributed by atoms with Gasteiger partial charge in [0.15, 0.2) is 0 Å². The number of hydrogen-bond acceptors (Lipinski definition) is 3. The second-order valence-corrected chi connectivity index (χ2v) is 7.12. The lowest BCUT2D eigenvalue weighted by Gasteiger charge is -2.26. The number of amides is 1. The molecule has 2 bridgehead atoms. The van der Waals surface area contributed by atoms with E-state index >= 15 is 0 Å². The van der Waals surface area contributed by atoms with Gasteiger partial charge in [-0.2, -0.15) is 0 Å². The lowest BCUT2D eigenvalue weighted by molar-refractivity contribution is 0.0527. The Bertz CT molecular complexity index is 373. The van der Waals surface area contributed by atoms with Crippen LogP contribution in [-0.2, 0) is 4.74 Å². The highest BCUT2D eigenvalue weighted by Crippen LogP contribution is 2.44. The van der Waals surface area contributed by atoms with Gasteiger partial charge in [-0.05, 0) is 58.3 Å². The number of carbonyl (C=O) groups excluding carboxylic acids is 1. The second kappa shape index (κ2) is 6.17. The molecule has 20 heavy (non-hydrogen) atoms. The zero-order valence-electron chi connectivity index (χ0n) is 13.1. The van der Waals surface area contributed by atoms with Crippen LogP contribution >= 0.6 is 0 Å². The predicted molar refractivity (Wildman–Crippen MR) is 80.5 cm³/mol. The first kappa shape index (κ1) is 15.4. The molecule has 2 N–H and O–H groups in total. The Labute approximate surface area is 122 Å². The Hall–Kier alpha value is -1.03. The van der Waals surface area contributed by atoms with Crippen molar-refractivity contribution in [1.29, 1.82) is 0 Å². The molecule has 114 valence electrons. The average Bonchev–Trinajstić information content (AvgIpc) is 2.94. The topological polar surface area (TPSA) is 50.4 Å². The highest BCUT2D eigenvalue weighted by Gasteiger charge is 2.38. The summed E-state index contributed by atoms with van der Waals surface area (Å²) < 4.78 is 5.20. The first-order valence-corrected chi connectivity index (χ1v) is 7.74. The van der Waals surface area contributed by atoms with Crippen molar-refractivity contribution in [3.8, 4) is 0 Å². The number of carbonyl (C=O) groups is 1. The molecule has 0 aromatic heterocycles. The smallest absolute Gasteiger partial charge is 0.407 e. The third-order valence-corrected chi connectivity index (χ3v) is 4.23. The fraction of sp³-hybridized carbons (Fsp3) is 0.812. The van der Waals surface area contributed by atoms with Gasteiger partial charge < -0.3 is 15.4 Å². The molecule has 0 heterocycles. The number of alkyl carbamates (subject to hydrolysis) is 1. The van der Waals surface area contributed by atoms with Crippen molar-refractivity contribution >= 4 is 6.09 Å². The highest BCUT2D eigenvalue weighted by molar-refractivity contribution is 5.67. The molecule has 2 rings (SSSR count). The summed E-state index contributed by atoms with van der Waals surface area (Å²) in [4.78, 5) is 11.5. The summed E-state index contributed by atoms with van der Waals surface area (Å²) in [6, 6.07) is 0.510. The van der Waals surface area contributed by atoms with Crippen LogP contribution in [0, 0.1) is 17.8 Å². The molecular weight excluding hydrogens is 252 g/mol. The molecule has 0 aliphatic heterocycles. The van der Waals surface area contributed by atoms with Gasteiger partial charge in [0.2, 0.25) is 0 Å². The van der Waals surface area contributed by atoms with Crippen molar-refractivity contribution < 1.29 is 9.53 Å². The summed E-state index contributed by atoms with van der Waals surface area (Å²) in [6.45, 7) is 9.27. The lowest BCUT2D eigenvalue weighted by atomic mass is 9.87. The quantitative estimate of drug-likeness (QED) is 0.601. The Kier molecular flexibility index (Phi) is 4.74. The Morgan fingerprint density at radius 3 is 2.60 bits per heavy atom. The number of hydrogen-bond donors (Lipinski definition) is 2. The van der Waals surface area contributed by atoms with E-state index in [1.165, 1.54) is 12.8 Å². The zero-order chi connectivity index (χ0) is 14.8. The van der Waals surface area contributed by atoms with E-state index in [2.05, 4.69) is 29.7 Å². The van der Waals surface area contributed by atoms with Gasteiger partial charge in [-0.25, -0.2) is 4.79 Å². The number of rotatable bonds is 5. The predicted octanol–water partition coefficient (Wildman–Crippen LogP) is 2.70. The molecular formula is C16H28N2O2. The summed E-state index contributed by atoms with van der Waals surface area (Å²) >= 11 is 0. The number of allylic oxidation sites excluding steroid dienone is 2. The molecule has 0 radical (unpaired) electrons. The molecule has 0 aromatic rings. The van der Waals surface area contributed by atoms with Gasteiger partial charge in [0, 0.05) is 19.1 Å². The molecule has 1 amide bonds. The van der Waals surface area contributed by atoms with E-state index in [0.717, 1.165) is 24.3 Å². The molecule has 1 fully saturated rings. The van der Waals surface area contributed by atoms with Crippen molar-refractivity contribution in [1.82, 2.24) is 10.6 Å². The van der Waals surface area contributed by atoms with Crippen LogP contribution in [0.2, 0.25) is 0 Å². The molecule has 2 aliphatic carbocycles. The lowest BCUT2D eigenvalue weighted by Crippen LogP contribution is -2.41. The molecule has 4 heteroatoms. The number of nitrogens with one attached hydrogen (secondary N) is 2. The molecule has 4 nitrogen and oxygen atoms in total. The zero-order valence-corrected chi connectivity index (χ0v) is 13.1. The molecule has 2 aliphatic rings. The minimum Gasteiger partial charge on any atom is -0.444 e. The largest absolute Gasteiger partial charge is 0.444 e. The number of fused-ring (bicyclic) bond motifs is 2.